The molecule has 0 aliphatic rings. The molecule has 6 nitrogen and oxygen atoms in total. The molecule has 1 heterocycles. The fraction of sp³-hybridized carbons (Fsp3) is 0.421. The van der Waals surface area contributed by atoms with Crippen molar-refractivity contribution in [1.82, 2.24) is 15.6 Å². The molecule has 1 amide bonds. The highest BCUT2D eigenvalue weighted by Gasteiger charge is 2.06. The van der Waals surface area contributed by atoms with Crippen molar-refractivity contribution in [3.63, 3.8) is 0 Å². The Morgan fingerprint density at radius 2 is 2.04 bits per heavy atom. The second-order valence-corrected chi connectivity index (χ2v) is 7.19. The first-order chi connectivity index (χ1) is 12.5. The Morgan fingerprint density at radius 1 is 1.23 bits per heavy atom. The minimum atomic E-state index is -0.142. The number of hydrogen-bond acceptors (Lipinski definition) is 4. The van der Waals surface area contributed by atoms with Crippen molar-refractivity contribution < 1.29 is 4.79 Å². The van der Waals surface area contributed by atoms with E-state index < -0.39 is 0 Å². The molecule has 0 unspecified atom stereocenters. The van der Waals surface area contributed by atoms with Crippen LogP contribution < -0.4 is 16.0 Å². The summed E-state index contributed by atoms with van der Waals surface area (Å²) in [6, 6.07) is 7.86. The van der Waals surface area contributed by atoms with Gasteiger partial charge in [-0.25, -0.2) is 9.98 Å². The Bertz CT molecular complexity index is 750. The van der Waals surface area contributed by atoms with Crippen LogP contribution in [-0.2, 0) is 17.8 Å². The van der Waals surface area contributed by atoms with E-state index in [2.05, 4.69) is 39.8 Å². The fourth-order valence-corrected chi connectivity index (χ4v) is 3.21. The van der Waals surface area contributed by atoms with Crippen LogP contribution in [-0.4, -0.2) is 29.9 Å². The Kier molecular flexibility index (Phi) is 7.59. The molecule has 0 spiro atoms. The molecule has 26 heavy (non-hydrogen) atoms. The van der Waals surface area contributed by atoms with Crippen molar-refractivity contribution >= 4 is 28.9 Å². The molecule has 3 N–H and O–H groups in total. The molecule has 0 saturated heterocycles. The summed E-state index contributed by atoms with van der Waals surface area (Å²) < 4.78 is 0. The van der Waals surface area contributed by atoms with E-state index in [0.717, 1.165) is 29.4 Å². The molecule has 2 rings (SSSR count). The number of rotatable bonds is 7. The van der Waals surface area contributed by atoms with Crippen molar-refractivity contribution in [2.75, 3.05) is 18.4 Å². The highest BCUT2D eigenvalue weighted by molar-refractivity contribution is 7.11. The normalized spacial score (nSPS) is 11.3. The van der Waals surface area contributed by atoms with Gasteiger partial charge >= 0.3 is 0 Å². The van der Waals surface area contributed by atoms with Crippen LogP contribution in [0.5, 0.6) is 0 Å². The molecule has 1 aromatic carbocycles. The molecule has 0 bridgehead atoms. The van der Waals surface area contributed by atoms with Crippen LogP contribution in [0.2, 0.25) is 0 Å². The number of guanidine groups is 1. The van der Waals surface area contributed by atoms with Gasteiger partial charge in [-0.15, -0.1) is 11.3 Å². The number of carbonyl (C=O) groups is 1. The third-order valence-electron chi connectivity index (χ3n) is 3.82. The number of anilines is 1. The standard InChI is InChI=1S/C19H27N5OS/c1-5-15-8-7-9-16(10-15)24-17(25)11-21-19(20-6-2)22-12-18-23-13(3)14(4)26-18/h7-10H,5-6,11-12H2,1-4H3,(H,24,25)(H2,20,21,22). The molecule has 2 aromatic rings. The van der Waals surface area contributed by atoms with E-state index in [1.807, 2.05) is 38.1 Å². The van der Waals surface area contributed by atoms with E-state index in [1.165, 1.54) is 10.4 Å². The number of aromatic nitrogens is 1. The Hall–Kier alpha value is -2.41. The maximum Gasteiger partial charge on any atom is 0.246 e. The van der Waals surface area contributed by atoms with Crippen LogP contribution in [0, 0.1) is 13.8 Å². The van der Waals surface area contributed by atoms with Gasteiger partial charge in [-0.05, 0) is 44.9 Å². The lowest BCUT2D eigenvalue weighted by Crippen LogP contribution is -2.37. The van der Waals surface area contributed by atoms with E-state index in [9.17, 15) is 4.79 Å². The second-order valence-electron chi connectivity index (χ2n) is 5.90. The van der Waals surface area contributed by atoms with Crippen molar-refractivity contribution in [3.05, 3.63) is 45.4 Å². The molecule has 1 aromatic heterocycles. The van der Waals surface area contributed by atoms with Crippen molar-refractivity contribution in [2.24, 2.45) is 4.99 Å². The predicted molar refractivity (Wildman–Crippen MR) is 109 cm³/mol. The summed E-state index contributed by atoms with van der Waals surface area (Å²) in [6.07, 6.45) is 0.937. The van der Waals surface area contributed by atoms with E-state index in [1.54, 1.807) is 11.3 Å². The number of thiazole rings is 1. The minimum Gasteiger partial charge on any atom is -0.357 e. The van der Waals surface area contributed by atoms with Crippen LogP contribution in [0.4, 0.5) is 5.69 Å². The van der Waals surface area contributed by atoms with E-state index in [0.29, 0.717) is 12.5 Å². The zero-order valence-corrected chi connectivity index (χ0v) is 16.7. The molecule has 7 heteroatoms. The van der Waals surface area contributed by atoms with Gasteiger partial charge in [0.2, 0.25) is 5.91 Å². The summed E-state index contributed by atoms with van der Waals surface area (Å²) in [5, 5.41) is 10.3. The summed E-state index contributed by atoms with van der Waals surface area (Å²) in [6.45, 7) is 9.52. The van der Waals surface area contributed by atoms with E-state index in [4.69, 9.17) is 0 Å². The molecule has 0 saturated carbocycles. The highest BCUT2D eigenvalue weighted by atomic mass is 32.1. The summed E-state index contributed by atoms with van der Waals surface area (Å²) in [5.74, 6) is 0.465. The van der Waals surface area contributed by atoms with Gasteiger partial charge in [-0.1, -0.05) is 19.1 Å². The Morgan fingerprint density at radius 3 is 2.69 bits per heavy atom. The smallest absolute Gasteiger partial charge is 0.246 e. The number of hydrogen-bond donors (Lipinski definition) is 3. The van der Waals surface area contributed by atoms with Crippen LogP contribution in [0.25, 0.3) is 0 Å². The third kappa shape index (κ3) is 6.15. The lowest BCUT2D eigenvalue weighted by atomic mass is 10.1. The van der Waals surface area contributed by atoms with Gasteiger partial charge in [0.1, 0.15) is 11.6 Å². The maximum absolute atomic E-state index is 12.2. The first kappa shape index (κ1) is 19.9. The average Bonchev–Trinajstić information content (AvgIpc) is 2.95. The lowest BCUT2D eigenvalue weighted by Gasteiger charge is -2.10. The van der Waals surface area contributed by atoms with Gasteiger partial charge in [0.05, 0.1) is 12.2 Å². The van der Waals surface area contributed by atoms with Crippen LogP contribution >= 0.6 is 11.3 Å². The molecular formula is C19H27N5OS. The molecule has 0 aliphatic carbocycles. The first-order valence-electron chi connectivity index (χ1n) is 8.85. The van der Waals surface area contributed by atoms with Crippen LogP contribution in [0.15, 0.2) is 29.3 Å². The second kappa shape index (κ2) is 9.91. The van der Waals surface area contributed by atoms with Crippen LogP contribution in [0.1, 0.15) is 35.0 Å². The van der Waals surface area contributed by atoms with Crippen molar-refractivity contribution in [2.45, 2.75) is 40.7 Å². The monoisotopic (exact) mass is 373 g/mol. The number of aliphatic imine (C=N–C) groups is 1. The number of benzene rings is 1. The molecule has 0 radical (unpaired) electrons. The summed E-state index contributed by atoms with van der Waals surface area (Å²) >= 11 is 1.67. The zero-order chi connectivity index (χ0) is 18.9. The summed E-state index contributed by atoms with van der Waals surface area (Å²) in [7, 11) is 0. The topological polar surface area (TPSA) is 78.4 Å². The quantitative estimate of drug-likeness (QED) is 0.515. The van der Waals surface area contributed by atoms with Crippen molar-refractivity contribution in [3.8, 4) is 0 Å². The Balaban J connectivity index is 1.91. The zero-order valence-electron chi connectivity index (χ0n) is 15.8. The molecular weight excluding hydrogens is 346 g/mol. The SMILES string of the molecule is CCNC(=NCC(=O)Nc1cccc(CC)c1)NCc1nc(C)c(C)s1. The highest BCUT2D eigenvalue weighted by Crippen LogP contribution is 2.15. The van der Waals surface area contributed by atoms with Gasteiger partial charge in [0.15, 0.2) is 5.96 Å². The number of aryl methyl sites for hydroxylation is 3. The number of carbonyl (C=O) groups excluding carboxylic acids is 1. The maximum atomic E-state index is 12.2. The number of amides is 1. The molecule has 0 atom stereocenters. The van der Waals surface area contributed by atoms with Gasteiger partial charge < -0.3 is 16.0 Å². The van der Waals surface area contributed by atoms with Crippen molar-refractivity contribution in [1.29, 1.82) is 0 Å². The third-order valence-corrected chi connectivity index (χ3v) is 4.90. The van der Waals surface area contributed by atoms with E-state index >= 15 is 0 Å². The van der Waals surface area contributed by atoms with Gasteiger partial charge in [0.25, 0.3) is 0 Å². The van der Waals surface area contributed by atoms with E-state index in [-0.39, 0.29) is 12.5 Å². The molecule has 0 fully saturated rings. The largest absolute Gasteiger partial charge is 0.357 e. The van der Waals surface area contributed by atoms with Gasteiger partial charge in [0, 0.05) is 17.1 Å². The molecule has 0 aliphatic heterocycles. The lowest BCUT2D eigenvalue weighted by molar-refractivity contribution is -0.114. The van der Waals surface area contributed by atoms with Crippen LogP contribution in [0.3, 0.4) is 0 Å². The summed E-state index contributed by atoms with van der Waals surface area (Å²) in [5.41, 5.74) is 3.05. The summed E-state index contributed by atoms with van der Waals surface area (Å²) in [4.78, 5) is 22.2. The minimum absolute atomic E-state index is 0.0572. The van der Waals surface area contributed by atoms with Gasteiger partial charge in [-0.3, -0.25) is 4.79 Å². The number of nitrogens with one attached hydrogen (secondary N) is 3. The van der Waals surface area contributed by atoms with Gasteiger partial charge in [-0.2, -0.15) is 0 Å². The predicted octanol–water partition coefficient (Wildman–Crippen LogP) is 3.02. The fourth-order valence-electron chi connectivity index (χ4n) is 2.34. The number of nitrogens with zero attached hydrogens (tertiary/aromatic N) is 2. The molecule has 140 valence electrons. The first-order valence-corrected chi connectivity index (χ1v) is 9.67. The Labute approximate surface area is 159 Å². The average molecular weight is 374 g/mol.